The SMILES string of the molecule is Cc1c(C2(O)CN3CCN(C(=O)OC(C)(C)C)CCC3CO2)ccc2c1COC2=O. The quantitative estimate of drug-likeness (QED) is 0.699. The fourth-order valence-corrected chi connectivity index (χ4v) is 4.43. The number of benzene rings is 1. The number of nitrogens with zero attached hydrogens (tertiary/aromatic N) is 2. The van der Waals surface area contributed by atoms with Crippen LogP contribution in [0.2, 0.25) is 0 Å². The van der Waals surface area contributed by atoms with E-state index in [0.717, 1.165) is 17.5 Å². The molecule has 3 aliphatic heterocycles. The van der Waals surface area contributed by atoms with E-state index in [0.29, 0.717) is 43.9 Å². The summed E-state index contributed by atoms with van der Waals surface area (Å²) in [5, 5.41) is 11.4. The van der Waals surface area contributed by atoms with Crippen molar-refractivity contribution in [2.24, 2.45) is 0 Å². The van der Waals surface area contributed by atoms with Crippen LogP contribution >= 0.6 is 0 Å². The lowest BCUT2D eigenvalue weighted by Gasteiger charge is -2.44. The van der Waals surface area contributed by atoms with E-state index in [1.165, 1.54) is 0 Å². The Labute approximate surface area is 176 Å². The Balaban J connectivity index is 1.49. The molecule has 0 saturated carbocycles. The minimum Gasteiger partial charge on any atom is -0.457 e. The van der Waals surface area contributed by atoms with Crippen LogP contribution in [0, 0.1) is 6.92 Å². The van der Waals surface area contributed by atoms with Gasteiger partial charge in [-0.3, -0.25) is 4.90 Å². The molecule has 0 bridgehead atoms. The third-order valence-corrected chi connectivity index (χ3v) is 6.08. The van der Waals surface area contributed by atoms with Crippen LogP contribution in [0.5, 0.6) is 0 Å². The topological polar surface area (TPSA) is 88.5 Å². The van der Waals surface area contributed by atoms with Gasteiger partial charge >= 0.3 is 12.1 Å². The van der Waals surface area contributed by atoms with Crippen molar-refractivity contribution >= 4 is 12.1 Å². The normalized spacial score (nSPS) is 27.2. The van der Waals surface area contributed by atoms with Crippen molar-refractivity contribution < 1.29 is 28.9 Å². The maximum atomic E-state index is 12.5. The molecule has 2 fully saturated rings. The molecule has 1 amide bonds. The van der Waals surface area contributed by atoms with Gasteiger partial charge in [0.1, 0.15) is 12.2 Å². The number of hydrogen-bond donors (Lipinski definition) is 1. The van der Waals surface area contributed by atoms with Crippen LogP contribution in [-0.4, -0.2) is 71.4 Å². The summed E-state index contributed by atoms with van der Waals surface area (Å²) < 4.78 is 16.6. The van der Waals surface area contributed by atoms with E-state index in [1.807, 2.05) is 27.7 Å². The van der Waals surface area contributed by atoms with Gasteiger partial charge < -0.3 is 24.2 Å². The Morgan fingerprint density at radius 2 is 2.03 bits per heavy atom. The summed E-state index contributed by atoms with van der Waals surface area (Å²) in [6.45, 7) is 10.1. The fraction of sp³-hybridized carbons (Fsp3) is 0.636. The van der Waals surface area contributed by atoms with E-state index < -0.39 is 11.4 Å². The van der Waals surface area contributed by atoms with Crippen LogP contribution in [0.3, 0.4) is 0 Å². The number of rotatable bonds is 1. The van der Waals surface area contributed by atoms with Crippen molar-refractivity contribution in [1.82, 2.24) is 9.80 Å². The molecule has 4 rings (SSSR count). The van der Waals surface area contributed by atoms with E-state index in [1.54, 1.807) is 17.0 Å². The Morgan fingerprint density at radius 1 is 1.27 bits per heavy atom. The molecule has 0 spiro atoms. The van der Waals surface area contributed by atoms with Crippen LogP contribution in [0.25, 0.3) is 0 Å². The zero-order chi connectivity index (χ0) is 21.7. The average Bonchev–Trinajstić information content (AvgIpc) is 2.91. The first-order valence-electron chi connectivity index (χ1n) is 10.5. The maximum Gasteiger partial charge on any atom is 0.410 e. The molecule has 30 heavy (non-hydrogen) atoms. The first kappa shape index (κ1) is 21.1. The number of aliphatic hydroxyl groups is 1. The molecular weight excluding hydrogens is 388 g/mol. The summed E-state index contributed by atoms with van der Waals surface area (Å²) in [5.74, 6) is -1.80. The van der Waals surface area contributed by atoms with Crippen molar-refractivity contribution in [3.05, 3.63) is 34.4 Å². The number of cyclic esters (lactones) is 1. The van der Waals surface area contributed by atoms with Gasteiger partial charge in [0.25, 0.3) is 0 Å². The summed E-state index contributed by atoms with van der Waals surface area (Å²) in [5.41, 5.74) is 2.31. The molecule has 3 heterocycles. The second-order valence-electron chi connectivity index (χ2n) is 9.32. The molecule has 1 aromatic rings. The summed E-state index contributed by atoms with van der Waals surface area (Å²) in [4.78, 5) is 28.2. The minimum atomic E-state index is -1.47. The summed E-state index contributed by atoms with van der Waals surface area (Å²) in [7, 11) is 0. The third-order valence-electron chi connectivity index (χ3n) is 6.08. The zero-order valence-electron chi connectivity index (χ0n) is 18.1. The molecule has 2 saturated heterocycles. The van der Waals surface area contributed by atoms with Crippen molar-refractivity contribution in [2.45, 2.75) is 58.2 Å². The second kappa shape index (κ2) is 7.51. The van der Waals surface area contributed by atoms with Gasteiger partial charge in [-0.2, -0.15) is 0 Å². The third kappa shape index (κ3) is 3.91. The summed E-state index contributed by atoms with van der Waals surface area (Å²) in [6.07, 6.45) is 0.443. The highest BCUT2D eigenvalue weighted by Gasteiger charge is 2.43. The zero-order valence-corrected chi connectivity index (χ0v) is 18.1. The van der Waals surface area contributed by atoms with Crippen LogP contribution in [0.15, 0.2) is 12.1 Å². The van der Waals surface area contributed by atoms with Gasteiger partial charge in [0, 0.05) is 36.8 Å². The number of ether oxygens (including phenoxy) is 3. The Bertz CT molecular complexity index is 864. The lowest BCUT2D eigenvalue weighted by atomic mass is 9.92. The number of amides is 1. The highest BCUT2D eigenvalue weighted by atomic mass is 16.6. The predicted molar refractivity (Wildman–Crippen MR) is 108 cm³/mol. The highest BCUT2D eigenvalue weighted by molar-refractivity contribution is 5.94. The number of carbonyl (C=O) groups excluding carboxylic acids is 2. The minimum absolute atomic E-state index is 0.123. The largest absolute Gasteiger partial charge is 0.457 e. The van der Waals surface area contributed by atoms with Gasteiger partial charge in [-0.15, -0.1) is 0 Å². The van der Waals surface area contributed by atoms with Gasteiger partial charge in [0.15, 0.2) is 0 Å². The lowest BCUT2D eigenvalue weighted by molar-refractivity contribution is -0.260. The first-order chi connectivity index (χ1) is 14.1. The summed E-state index contributed by atoms with van der Waals surface area (Å²) in [6, 6.07) is 3.58. The Hall–Kier alpha value is -2.16. The first-order valence-corrected chi connectivity index (χ1v) is 10.5. The molecule has 3 aliphatic rings. The van der Waals surface area contributed by atoms with E-state index in [2.05, 4.69) is 4.90 Å². The van der Waals surface area contributed by atoms with Gasteiger partial charge in [-0.1, -0.05) is 6.07 Å². The van der Waals surface area contributed by atoms with Crippen molar-refractivity contribution in [3.8, 4) is 0 Å². The number of carbonyl (C=O) groups is 2. The number of fused-ring (bicyclic) bond motifs is 2. The van der Waals surface area contributed by atoms with Crippen molar-refractivity contribution in [3.63, 3.8) is 0 Å². The molecule has 0 aromatic heterocycles. The number of esters is 1. The van der Waals surface area contributed by atoms with E-state index in [9.17, 15) is 14.7 Å². The van der Waals surface area contributed by atoms with Crippen LogP contribution in [0.4, 0.5) is 4.79 Å². The molecule has 1 aromatic carbocycles. The Morgan fingerprint density at radius 3 is 2.77 bits per heavy atom. The fourth-order valence-electron chi connectivity index (χ4n) is 4.43. The van der Waals surface area contributed by atoms with E-state index in [-0.39, 0.29) is 24.7 Å². The van der Waals surface area contributed by atoms with Gasteiger partial charge in [-0.05, 0) is 45.7 Å². The molecule has 1 N–H and O–H groups in total. The summed E-state index contributed by atoms with van der Waals surface area (Å²) >= 11 is 0. The van der Waals surface area contributed by atoms with E-state index >= 15 is 0 Å². The smallest absolute Gasteiger partial charge is 0.410 e. The lowest BCUT2D eigenvalue weighted by Crippen LogP contribution is -2.55. The molecule has 164 valence electrons. The number of hydrogen-bond acceptors (Lipinski definition) is 7. The molecule has 2 atom stereocenters. The van der Waals surface area contributed by atoms with Gasteiger partial charge in [0.05, 0.1) is 18.7 Å². The van der Waals surface area contributed by atoms with Crippen LogP contribution < -0.4 is 0 Å². The molecule has 0 aliphatic carbocycles. The predicted octanol–water partition coefficient (Wildman–Crippen LogP) is 2.15. The molecule has 8 nitrogen and oxygen atoms in total. The van der Waals surface area contributed by atoms with Crippen molar-refractivity contribution in [2.75, 3.05) is 32.8 Å². The monoisotopic (exact) mass is 418 g/mol. The molecule has 8 heteroatoms. The molecule has 0 radical (unpaired) electrons. The van der Waals surface area contributed by atoms with Gasteiger partial charge in [-0.25, -0.2) is 9.59 Å². The average molecular weight is 418 g/mol. The van der Waals surface area contributed by atoms with Crippen LogP contribution in [-0.2, 0) is 26.6 Å². The standard InChI is InChI=1S/C22H30N2O6/c1-14-17-12-28-19(25)16(17)5-6-18(14)22(27)13-24-10-9-23(8-7-15(24)11-29-22)20(26)30-21(2,3)4/h5-6,15,27H,7-13H2,1-4H3. The maximum absolute atomic E-state index is 12.5. The second-order valence-corrected chi connectivity index (χ2v) is 9.32. The number of morpholine rings is 1. The van der Waals surface area contributed by atoms with E-state index in [4.69, 9.17) is 14.2 Å². The van der Waals surface area contributed by atoms with Crippen molar-refractivity contribution in [1.29, 1.82) is 0 Å². The van der Waals surface area contributed by atoms with Gasteiger partial charge in [0.2, 0.25) is 5.79 Å². The molecule has 2 unspecified atom stereocenters. The Kier molecular flexibility index (Phi) is 5.28. The highest BCUT2D eigenvalue weighted by Crippen LogP contribution is 2.36. The molecular formula is C22H30N2O6. The van der Waals surface area contributed by atoms with Crippen LogP contribution in [0.1, 0.15) is 54.2 Å².